The summed E-state index contributed by atoms with van der Waals surface area (Å²) in [7, 11) is 0. The molecule has 0 radical (unpaired) electrons. The van der Waals surface area contributed by atoms with Crippen molar-refractivity contribution in [2.75, 3.05) is 18.4 Å². The van der Waals surface area contributed by atoms with Gasteiger partial charge in [-0.1, -0.05) is 30.4 Å². The van der Waals surface area contributed by atoms with Gasteiger partial charge < -0.3 is 5.32 Å². The van der Waals surface area contributed by atoms with Crippen LogP contribution in [0.1, 0.15) is 25.3 Å². The number of nitrogens with one attached hydrogen (secondary N) is 1. The van der Waals surface area contributed by atoms with Gasteiger partial charge in [-0.05, 0) is 62.3 Å². The molecule has 1 fully saturated rings. The summed E-state index contributed by atoms with van der Waals surface area (Å²) in [6, 6.07) is 8.47. The fourth-order valence-corrected chi connectivity index (χ4v) is 3.52. The van der Waals surface area contributed by atoms with Gasteiger partial charge in [0.2, 0.25) is 5.13 Å². The van der Waals surface area contributed by atoms with Crippen molar-refractivity contribution in [2.24, 2.45) is 0 Å². The predicted molar refractivity (Wildman–Crippen MR) is 90.8 cm³/mol. The smallest absolute Gasteiger partial charge is 0.209 e. The first-order valence-electron chi connectivity index (χ1n) is 7.41. The molecule has 2 heterocycles. The van der Waals surface area contributed by atoms with Crippen LogP contribution in [0.4, 0.5) is 10.8 Å². The van der Waals surface area contributed by atoms with E-state index in [1.165, 1.54) is 29.7 Å². The van der Waals surface area contributed by atoms with Crippen molar-refractivity contribution in [3.8, 4) is 0 Å². The Morgan fingerprint density at radius 1 is 1.24 bits per heavy atom. The molecule has 3 rings (SSSR count). The molecule has 0 bridgehead atoms. The summed E-state index contributed by atoms with van der Waals surface area (Å²) in [6.45, 7) is 5.28. The van der Waals surface area contributed by atoms with Crippen molar-refractivity contribution < 1.29 is 0 Å². The molecule has 1 N–H and O–H groups in total. The first kappa shape index (κ1) is 14.7. The van der Waals surface area contributed by atoms with E-state index in [-0.39, 0.29) is 0 Å². The van der Waals surface area contributed by atoms with Gasteiger partial charge in [0.1, 0.15) is 0 Å². The zero-order chi connectivity index (χ0) is 14.7. The van der Waals surface area contributed by atoms with Gasteiger partial charge >= 0.3 is 0 Å². The van der Waals surface area contributed by atoms with E-state index >= 15 is 0 Å². The van der Waals surface area contributed by atoms with Crippen LogP contribution in [0.2, 0.25) is 0 Å². The zero-order valence-corrected chi connectivity index (χ0v) is 13.8. The summed E-state index contributed by atoms with van der Waals surface area (Å²) >= 11 is 6.95. The van der Waals surface area contributed by atoms with Crippen LogP contribution in [0.5, 0.6) is 0 Å². The highest BCUT2D eigenvalue weighted by Gasteiger charge is 2.13. The average Bonchev–Trinajstić information content (AvgIpc) is 3.11. The van der Waals surface area contributed by atoms with Crippen LogP contribution in [-0.2, 0) is 13.1 Å². The fourth-order valence-electron chi connectivity index (χ4n) is 2.51. The molecule has 4 nitrogen and oxygen atoms in total. The van der Waals surface area contributed by atoms with E-state index in [9.17, 15) is 0 Å². The summed E-state index contributed by atoms with van der Waals surface area (Å²) < 4.78 is 2.75. The minimum Gasteiger partial charge on any atom is -0.330 e. The van der Waals surface area contributed by atoms with E-state index in [0.29, 0.717) is 0 Å². The Kier molecular flexibility index (Phi) is 4.67. The van der Waals surface area contributed by atoms with Crippen LogP contribution in [0, 0.1) is 3.95 Å². The first-order valence-corrected chi connectivity index (χ1v) is 8.63. The van der Waals surface area contributed by atoms with Gasteiger partial charge in [0.15, 0.2) is 3.95 Å². The van der Waals surface area contributed by atoms with E-state index in [4.69, 9.17) is 12.2 Å². The Bertz CT molecular complexity index is 638. The maximum Gasteiger partial charge on any atom is 0.209 e. The van der Waals surface area contributed by atoms with E-state index in [1.807, 2.05) is 4.68 Å². The van der Waals surface area contributed by atoms with Crippen LogP contribution < -0.4 is 5.32 Å². The van der Waals surface area contributed by atoms with Crippen LogP contribution >= 0.6 is 23.6 Å². The minimum atomic E-state index is 0.811. The Hall–Kier alpha value is -1.24. The third kappa shape index (κ3) is 3.70. The van der Waals surface area contributed by atoms with Crippen LogP contribution in [0.25, 0.3) is 0 Å². The molecule has 1 saturated heterocycles. The molecule has 1 aromatic carbocycles. The first-order chi connectivity index (χ1) is 10.2. The molecule has 1 aliphatic heterocycles. The second-order valence-electron chi connectivity index (χ2n) is 5.31. The molecule has 1 aromatic heterocycles. The highest BCUT2D eigenvalue weighted by atomic mass is 32.1. The highest BCUT2D eigenvalue weighted by Crippen LogP contribution is 2.21. The van der Waals surface area contributed by atoms with Crippen molar-refractivity contribution in [1.82, 2.24) is 14.7 Å². The van der Waals surface area contributed by atoms with Gasteiger partial charge in [-0.2, -0.15) is 0 Å². The quantitative estimate of drug-likeness (QED) is 0.843. The van der Waals surface area contributed by atoms with Gasteiger partial charge in [0.25, 0.3) is 0 Å². The van der Waals surface area contributed by atoms with Crippen molar-refractivity contribution in [1.29, 1.82) is 0 Å². The standard InChI is InChI=1S/C15H20N4S2/c1-2-12-5-7-13(8-6-12)16-14-17-19(15(20)21-14)11-18-9-3-4-10-18/h5-8H,2-4,9-11H2,1H3,(H,16,17). The molecule has 0 spiro atoms. The lowest BCUT2D eigenvalue weighted by Crippen LogP contribution is -2.23. The van der Waals surface area contributed by atoms with E-state index < -0.39 is 0 Å². The highest BCUT2D eigenvalue weighted by molar-refractivity contribution is 7.73. The van der Waals surface area contributed by atoms with Gasteiger partial charge in [-0.3, -0.25) is 4.90 Å². The van der Waals surface area contributed by atoms with Gasteiger partial charge in [0, 0.05) is 5.69 Å². The summed E-state index contributed by atoms with van der Waals surface area (Å²) in [5, 5.41) is 8.80. The third-order valence-electron chi connectivity index (χ3n) is 3.75. The topological polar surface area (TPSA) is 33.1 Å². The molecule has 1 aliphatic rings. The number of anilines is 2. The normalized spacial score (nSPS) is 15.5. The fraction of sp³-hybridized carbons (Fsp3) is 0.467. The lowest BCUT2D eigenvalue weighted by Gasteiger charge is -2.13. The second kappa shape index (κ2) is 6.68. The molecule has 0 atom stereocenters. The summed E-state index contributed by atoms with van der Waals surface area (Å²) in [5.41, 5.74) is 2.40. The summed E-state index contributed by atoms with van der Waals surface area (Å²) in [4.78, 5) is 2.40. The maximum absolute atomic E-state index is 5.42. The molecule has 6 heteroatoms. The zero-order valence-electron chi connectivity index (χ0n) is 12.2. The van der Waals surface area contributed by atoms with Crippen molar-refractivity contribution in [3.63, 3.8) is 0 Å². The summed E-state index contributed by atoms with van der Waals surface area (Å²) in [6.07, 6.45) is 3.63. The Morgan fingerprint density at radius 3 is 2.62 bits per heavy atom. The van der Waals surface area contributed by atoms with E-state index in [0.717, 1.165) is 41.0 Å². The van der Waals surface area contributed by atoms with Gasteiger partial charge in [-0.25, -0.2) is 4.68 Å². The number of hydrogen-bond acceptors (Lipinski definition) is 5. The number of aryl methyl sites for hydroxylation is 1. The molecule has 0 aliphatic carbocycles. The van der Waals surface area contributed by atoms with Crippen LogP contribution in [0.15, 0.2) is 24.3 Å². The number of nitrogens with zero attached hydrogens (tertiary/aromatic N) is 3. The molecule has 0 unspecified atom stereocenters. The Balaban J connectivity index is 1.69. The molecule has 0 saturated carbocycles. The van der Waals surface area contributed by atoms with Crippen molar-refractivity contribution in [2.45, 2.75) is 32.9 Å². The molecule has 21 heavy (non-hydrogen) atoms. The summed E-state index contributed by atoms with van der Waals surface area (Å²) in [5.74, 6) is 0. The SMILES string of the molecule is CCc1ccc(Nc2nn(CN3CCCC3)c(=S)s2)cc1. The van der Waals surface area contributed by atoms with Crippen molar-refractivity contribution in [3.05, 3.63) is 33.8 Å². The maximum atomic E-state index is 5.42. The number of benzene rings is 1. The predicted octanol–water partition coefficient (Wildman–Crippen LogP) is 4.03. The Morgan fingerprint density at radius 2 is 1.95 bits per heavy atom. The minimum absolute atomic E-state index is 0.811. The Labute approximate surface area is 134 Å². The monoisotopic (exact) mass is 320 g/mol. The molecule has 2 aromatic rings. The lowest BCUT2D eigenvalue weighted by molar-refractivity contribution is 0.255. The van der Waals surface area contributed by atoms with E-state index in [2.05, 4.69) is 46.5 Å². The molecule has 112 valence electrons. The number of aromatic nitrogens is 2. The van der Waals surface area contributed by atoms with E-state index in [1.54, 1.807) is 0 Å². The lowest BCUT2D eigenvalue weighted by atomic mass is 10.1. The molecule has 0 amide bonds. The van der Waals surface area contributed by atoms with Gasteiger partial charge in [0.05, 0.1) is 6.67 Å². The average molecular weight is 320 g/mol. The second-order valence-corrected chi connectivity index (χ2v) is 6.94. The third-order valence-corrected chi connectivity index (χ3v) is 4.98. The van der Waals surface area contributed by atoms with Crippen molar-refractivity contribution >= 4 is 34.4 Å². The molecular formula is C15H20N4S2. The number of rotatable bonds is 5. The number of hydrogen-bond donors (Lipinski definition) is 1. The van der Waals surface area contributed by atoms with Crippen LogP contribution in [0.3, 0.4) is 0 Å². The van der Waals surface area contributed by atoms with Crippen LogP contribution in [-0.4, -0.2) is 27.8 Å². The molecular weight excluding hydrogens is 300 g/mol. The van der Waals surface area contributed by atoms with Gasteiger partial charge in [-0.15, -0.1) is 5.10 Å². The number of likely N-dealkylation sites (tertiary alicyclic amines) is 1. The largest absolute Gasteiger partial charge is 0.330 e.